The zero-order valence-electron chi connectivity index (χ0n) is 14.1. The molecule has 3 rings (SSSR count). The molecular formula is C18H19N5O2. The Morgan fingerprint density at radius 1 is 1.24 bits per heavy atom. The van der Waals surface area contributed by atoms with E-state index in [1.807, 2.05) is 50.2 Å². The van der Waals surface area contributed by atoms with E-state index in [4.69, 9.17) is 0 Å². The molecule has 0 saturated carbocycles. The summed E-state index contributed by atoms with van der Waals surface area (Å²) in [7, 11) is 0. The maximum Gasteiger partial charge on any atom is 0.273 e. The summed E-state index contributed by atoms with van der Waals surface area (Å²) < 4.78 is 1.61. The summed E-state index contributed by atoms with van der Waals surface area (Å²) in [5, 5.41) is 10.6. The maximum absolute atomic E-state index is 12.2. The smallest absolute Gasteiger partial charge is 0.273 e. The van der Waals surface area contributed by atoms with Gasteiger partial charge in [-0.2, -0.15) is 0 Å². The van der Waals surface area contributed by atoms with Gasteiger partial charge in [-0.3, -0.25) is 9.59 Å². The number of nitrogens with zero attached hydrogens (tertiary/aromatic N) is 3. The molecule has 2 heterocycles. The van der Waals surface area contributed by atoms with Crippen molar-refractivity contribution in [2.45, 2.75) is 26.9 Å². The number of rotatable bonds is 5. The van der Waals surface area contributed by atoms with Crippen LogP contribution in [0.1, 0.15) is 32.9 Å². The lowest BCUT2D eigenvalue weighted by Gasteiger charge is -2.06. The predicted molar refractivity (Wildman–Crippen MR) is 93.3 cm³/mol. The van der Waals surface area contributed by atoms with Crippen LogP contribution in [0.15, 0.2) is 47.4 Å². The molecule has 0 radical (unpaired) electrons. The Kier molecular flexibility index (Phi) is 4.74. The summed E-state index contributed by atoms with van der Waals surface area (Å²) in [4.78, 5) is 26.9. The fraction of sp³-hybridized carbons (Fsp3) is 0.222. The molecule has 128 valence electrons. The number of carbonyl (C=O) groups is 1. The molecule has 2 N–H and O–H groups in total. The lowest BCUT2D eigenvalue weighted by atomic mass is 10.1. The highest BCUT2D eigenvalue weighted by Gasteiger charge is 2.12. The van der Waals surface area contributed by atoms with E-state index in [-0.39, 0.29) is 23.7 Å². The predicted octanol–water partition coefficient (Wildman–Crippen LogP) is 1.56. The van der Waals surface area contributed by atoms with Gasteiger partial charge in [0.25, 0.3) is 11.5 Å². The highest BCUT2D eigenvalue weighted by Crippen LogP contribution is 2.05. The lowest BCUT2D eigenvalue weighted by Crippen LogP contribution is -2.28. The van der Waals surface area contributed by atoms with Crippen molar-refractivity contribution in [3.05, 3.63) is 81.0 Å². The lowest BCUT2D eigenvalue weighted by molar-refractivity contribution is 0.0945. The Hall–Kier alpha value is -3.22. The van der Waals surface area contributed by atoms with Crippen LogP contribution in [0.3, 0.4) is 0 Å². The van der Waals surface area contributed by atoms with E-state index < -0.39 is 0 Å². The number of nitrogens with one attached hydrogen (secondary N) is 2. The third kappa shape index (κ3) is 4.00. The van der Waals surface area contributed by atoms with E-state index in [2.05, 4.69) is 20.6 Å². The molecular weight excluding hydrogens is 318 g/mol. The number of pyridine rings is 1. The largest absolute Gasteiger partial charge is 0.346 e. The maximum atomic E-state index is 12.2. The van der Waals surface area contributed by atoms with E-state index in [0.29, 0.717) is 12.1 Å². The van der Waals surface area contributed by atoms with Crippen molar-refractivity contribution in [3.8, 4) is 0 Å². The Labute approximate surface area is 144 Å². The summed E-state index contributed by atoms with van der Waals surface area (Å²) in [6, 6.07) is 11.7. The van der Waals surface area contributed by atoms with Gasteiger partial charge >= 0.3 is 0 Å². The van der Waals surface area contributed by atoms with Crippen LogP contribution in [0.5, 0.6) is 0 Å². The van der Waals surface area contributed by atoms with E-state index in [9.17, 15) is 9.59 Å². The van der Waals surface area contributed by atoms with Crippen LogP contribution >= 0.6 is 0 Å². The van der Waals surface area contributed by atoms with Crippen LogP contribution < -0.4 is 10.9 Å². The number of carbonyl (C=O) groups excluding carboxylic acids is 1. The van der Waals surface area contributed by atoms with E-state index in [1.165, 1.54) is 0 Å². The number of benzene rings is 1. The zero-order valence-corrected chi connectivity index (χ0v) is 14.1. The zero-order chi connectivity index (χ0) is 17.8. The first-order chi connectivity index (χ1) is 12.0. The molecule has 0 aliphatic heterocycles. The summed E-state index contributed by atoms with van der Waals surface area (Å²) in [5.74, 6) is -0.362. The van der Waals surface area contributed by atoms with Crippen molar-refractivity contribution in [1.82, 2.24) is 25.3 Å². The molecule has 1 amide bonds. The average molecular weight is 337 g/mol. The third-order valence-electron chi connectivity index (χ3n) is 3.88. The Bertz CT molecular complexity index is 944. The number of H-pyrrole nitrogens is 1. The van der Waals surface area contributed by atoms with Gasteiger partial charge < -0.3 is 10.3 Å². The SMILES string of the molecule is Cc1cc(C)c(CNC(=O)c2cn(Cc3ccccc3)nn2)c(=O)[nH]1. The van der Waals surface area contributed by atoms with Gasteiger partial charge in [0.2, 0.25) is 0 Å². The first-order valence-electron chi connectivity index (χ1n) is 7.94. The molecule has 0 bridgehead atoms. The Morgan fingerprint density at radius 3 is 2.72 bits per heavy atom. The highest BCUT2D eigenvalue weighted by molar-refractivity contribution is 5.91. The van der Waals surface area contributed by atoms with Crippen LogP contribution in [0.25, 0.3) is 0 Å². The van der Waals surface area contributed by atoms with Gasteiger partial charge in [-0.15, -0.1) is 5.10 Å². The standard InChI is InChI=1S/C18H19N5O2/c1-12-8-13(2)20-17(24)15(12)9-19-18(25)16-11-23(22-21-16)10-14-6-4-3-5-7-14/h3-8,11H,9-10H2,1-2H3,(H,19,25)(H,20,24). The minimum Gasteiger partial charge on any atom is -0.346 e. The molecule has 0 saturated heterocycles. The molecule has 0 aliphatic carbocycles. The van der Waals surface area contributed by atoms with Crippen molar-refractivity contribution >= 4 is 5.91 Å². The quantitative estimate of drug-likeness (QED) is 0.739. The minimum atomic E-state index is -0.362. The molecule has 0 unspecified atom stereocenters. The molecule has 3 aromatic rings. The summed E-state index contributed by atoms with van der Waals surface area (Å²) >= 11 is 0. The van der Waals surface area contributed by atoms with E-state index >= 15 is 0 Å². The second-order valence-corrected chi connectivity index (χ2v) is 5.91. The topological polar surface area (TPSA) is 92.7 Å². The highest BCUT2D eigenvalue weighted by atomic mass is 16.2. The van der Waals surface area contributed by atoms with Crippen LogP contribution in [-0.2, 0) is 13.1 Å². The van der Waals surface area contributed by atoms with Crippen LogP contribution in [-0.4, -0.2) is 25.9 Å². The number of amides is 1. The summed E-state index contributed by atoms with van der Waals surface area (Å²) in [5.41, 5.74) is 3.27. The molecule has 0 atom stereocenters. The fourth-order valence-electron chi connectivity index (χ4n) is 2.61. The molecule has 0 spiro atoms. The average Bonchev–Trinajstić information content (AvgIpc) is 3.03. The molecule has 0 fully saturated rings. The van der Waals surface area contributed by atoms with Gasteiger partial charge in [0, 0.05) is 17.8 Å². The summed E-state index contributed by atoms with van der Waals surface area (Å²) in [6.45, 7) is 4.35. The monoisotopic (exact) mass is 337 g/mol. The van der Waals surface area contributed by atoms with Crippen molar-refractivity contribution in [2.24, 2.45) is 0 Å². The fourth-order valence-corrected chi connectivity index (χ4v) is 2.61. The number of hydrogen-bond acceptors (Lipinski definition) is 4. The normalized spacial score (nSPS) is 10.6. The molecule has 7 nitrogen and oxygen atoms in total. The van der Waals surface area contributed by atoms with Crippen molar-refractivity contribution < 1.29 is 4.79 Å². The number of aryl methyl sites for hydroxylation is 2. The number of aromatic nitrogens is 4. The molecule has 25 heavy (non-hydrogen) atoms. The summed E-state index contributed by atoms with van der Waals surface area (Å²) in [6.07, 6.45) is 1.59. The van der Waals surface area contributed by atoms with Gasteiger partial charge in [-0.25, -0.2) is 4.68 Å². The van der Waals surface area contributed by atoms with Gasteiger partial charge in [-0.05, 0) is 31.0 Å². The van der Waals surface area contributed by atoms with Crippen molar-refractivity contribution in [3.63, 3.8) is 0 Å². The first kappa shape index (κ1) is 16.6. The van der Waals surface area contributed by atoms with Crippen LogP contribution in [0, 0.1) is 13.8 Å². The Morgan fingerprint density at radius 2 is 2.00 bits per heavy atom. The van der Waals surface area contributed by atoms with Crippen LogP contribution in [0.4, 0.5) is 0 Å². The molecule has 1 aromatic carbocycles. The third-order valence-corrected chi connectivity index (χ3v) is 3.88. The second-order valence-electron chi connectivity index (χ2n) is 5.91. The van der Waals surface area contributed by atoms with Gasteiger partial charge in [-0.1, -0.05) is 35.5 Å². The first-order valence-corrected chi connectivity index (χ1v) is 7.94. The molecule has 0 aliphatic rings. The number of hydrogen-bond donors (Lipinski definition) is 2. The van der Waals surface area contributed by atoms with Gasteiger partial charge in [0.15, 0.2) is 5.69 Å². The van der Waals surface area contributed by atoms with Crippen molar-refractivity contribution in [1.29, 1.82) is 0 Å². The van der Waals surface area contributed by atoms with Gasteiger partial charge in [0.05, 0.1) is 12.7 Å². The Balaban J connectivity index is 1.66. The molecule has 7 heteroatoms. The van der Waals surface area contributed by atoms with Crippen LogP contribution in [0.2, 0.25) is 0 Å². The van der Waals surface area contributed by atoms with Gasteiger partial charge in [0.1, 0.15) is 0 Å². The number of aromatic amines is 1. The second kappa shape index (κ2) is 7.12. The minimum absolute atomic E-state index is 0.145. The van der Waals surface area contributed by atoms with E-state index in [1.54, 1.807) is 10.9 Å². The van der Waals surface area contributed by atoms with E-state index in [0.717, 1.165) is 16.8 Å². The van der Waals surface area contributed by atoms with Crippen molar-refractivity contribution in [2.75, 3.05) is 0 Å². The molecule has 2 aromatic heterocycles.